The number of hydrogen-bond acceptors (Lipinski definition) is 6. The molecule has 130 valence electrons. The van der Waals surface area contributed by atoms with Crippen LogP contribution < -0.4 is 10.5 Å². The Labute approximate surface area is 145 Å². The summed E-state index contributed by atoms with van der Waals surface area (Å²) in [5.41, 5.74) is 6.72. The van der Waals surface area contributed by atoms with Crippen molar-refractivity contribution in [1.29, 1.82) is 0 Å². The maximum absolute atomic E-state index is 11.0. The highest BCUT2D eigenvalue weighted by Crippen LogP contribution is 2.38. The van der Waals surface area contributed by atoms with Crippen LogP contribution >= 0.6 is 12.4 Å². The van der Waals surface area contributed by atoms with Crippen LogP contribution in [0.15, 0.2) is 42.5 Å². The highest BCUT2D eigenvalue weighted by atomic mass is 35.5. The zero-order chi connectivity index (χ0) is 17.0. The first kappa shape index (κ1) is 19.7. The third-order valence-corrected chi connectivity index (χ3v) is 3.58. The minimum absolute atomic E-state index is 0. The van der Waals surface area contributed by atoms with Gasteiger partial charge in [0.05, 0.1) is 24.2 Å². The fourth-order valence-electron chi connectivity index (χ4n) is 2.31. The summed E-state index contributed by atoms with van der Waals surface area (Å²) >= 11 is 0. The largest absolute Gasteiger partial charge is 0.500 e. The molecule has 0 radical (unpaired) electrons. The van der Waals surface area contributed by atoms with Crippen molar-refractivity contribution in [2.24, 2.45) is 5.73 Å². The van der Waals surface area contributed by atoms with Crippen LogP contribution in [-0.4, -0.2) is 28.4 Å². The predicted octanol–water partition coefficient (Wildman–Crippen LogP) is 2.33. The molecule has 7 nitrogen and oxygen atoms in total. The van der Waals surface area contributed by atoms with E-state index in [1.807, 2.05) is 30.3 Å². The Hall–Kier alpha value is -2.35. The number of nitrogens with two attached hydrogens (primary N) is 1. The van der Waals surface area contributed by atoms with E-state index in [4.69, 9.17) is 10.5 Å². The lowest BCUT2D eigenvalue weighted by Gasteiger charge is -2.20. The van der Waals surface area contributed by atoms with Crippen LogP contribution in [0.3, 0.4) is 0 Å². The van der Waals surface area contributed by atoms with Crippen LogP contribution in [0, 0.1) is 10.1 Å². The Kier molecular flexibility index (Phi) is 6.97. The third kappa shape index (κ3) is 4.35. The molecule has 2 atom stereocenters. The fraction of sp³-hybridized carbons (Fsp3) is 0.250. The molecule has 2 rings (SSSR count). The number of nitrogens with zero attached hydrogens (tertiary/aromatic N) is 1. The quantitative estimate of drug-likeness (QED) is 0.541. The van der Waals surface area contributed by atoms with E-state index in [0.29, 0.717) is 12.0 Å². The number of benzene rings is 2. The third-order valence-electron chi connectivity index (χ3n) is 3.58. The van der Waals surface area contributed by atoms with Crippen molar-refractivity contribution in [2.45, 2.75) is 18.6 Å². The Morgan fingerprint density at radius 2 is 1.92 bits per heavy atom. The molecule has 0 saturated heterocycles. The highest BCUT2D eigenvalue weighted by molar-refractivity contribution is 5.85. The summed E-state index contributed by atoms with van der Waals surface area (Å²) in [6.07, 6.45) is -0.634. The van der Waals surface area contributed by atoms with Crippen molar-refractivity contribution in [3.63, 3.8) is 0 Å². The van der Waals surface area contributed by atoms with Gasteiger partial charge < -0.3 is 20.7 Å². The van der Waals surface area contributed by atoms with Crippen LogP contribution in [0.1, 0.15) is 17.2 Å². The van der Waals surface area contributed by atoms with Crippen molar-refractivity contribution in [3.05, 3.63) is 63.7 Å². The van der Waals surface area contributed by atoms with Crippen molar-refractivity contribution in [1.82, 2.24) is 0 Å². The van der Waals surface area contributed by atoms with Gasteiger partial charge in [-0.2, -0.15) is 0 Å². The molecule has 0 spiro atoms. The number of phenols is 1. The lowest BCUT2D eigenvalue weighted by atomic mass is 9.96. The fourth-order valence-corrected chi connectivity index (χ4v) is 2.31. The molecule has 2 aromatic rings. The molecular formula is C16H19ClN2O5. The van der Waals surface area contributed by atoms with Crippen molar-refractivity contribution >= 4 is 18.1 Å². The second kappa shape index (κ2) is 8.49. The van der Waals surface area contributed by atoms with E-state index in [-0.39, 0.29) is 18.2 Å². The summed E-state index contributed by atoms with van der Waals surface area (Å²) in [5.74, 6) is -0.623. The van der Waals surface area contributed by atoms with Crippen LogP contribution in [0.25, 0.3) is 0 Å². The van der Waals surface area contributed by atoms with Gasteiger partial charge in [0, 0.05) is 12.5 Å². The predicted molar refractivity (Wildman–Crippen MR) is 91.6 cm³/mol. The van der Waals surface area contributed by atoms with Gasteiger partial charge in [0.1, 0.15) is 0 Å². The van der Waals surface area contributed by atoms with Crippen molar-refractivity contribution < 1.29 is 19.9 Å². The number of methoxy groups -OCH3 is 1. The minimum atomic E-state index is -0.939. The average Bonchev–Trinajstić information content (AvgIpc) is 2.55. The minimum Gasteiger partial charge on any atom is -0.500 e. The number of rotatable bonds is 6. The maximum atomic E-state index is 11.0. The summed E-state index contributed by atoms with van der Waals surface area (Å²) in [5, 5.41) is 31.1. The van der Waals surface area contributed by atoms with Gasteiger partial charge in [-0.1, -0.05) is 30.3 Å². The van der Waals surface area contributed by atoms with Gasteiger partial charge in [0.15, 0.2) is 5.75 Å². The van der Waals surface area contributed by atoms with Gasteiger partial charge in [-0.15, -0.1) is 12.4 Å². The summed E-state index contributed by atoms with van der Waals surface area (Å²) in [6, 6.07) is 11.0. The monoisotopic (exact) mass is 354 g/mol. The van der Waals surface area contributed by atoms with Crippen LogP contribution in [0.4, 0.5) is 5.69 Å². The summed E-state index contributed by atoms with van der Waals surface area (Å²) in [6.45, 7) is 0. The standard InChI is InChI=1S/C16H18N2O5.ClH/c1-23-14-9-11(8-12(16(14)20)18(21)22)15(17)13(19)7-10-5-3-2-4-6-10;/h2-6,8-9,13,15,19-20H,7,17H2,1H3;1H/t13-,15+;/m0./s1. The lowest BCUT2D eigenvalue weighted by Crippen LogP contribution is -2.28. The van der Waals surface area contributed by atoms with Gasteiger partial charge in [0.25, 0.3) is 0 Å². The molecule has 0 fully saturated rings. The number of aromatic hydroxyl groups is 1. The number of nitro benzene ring substituents is 1. The van der Waals surface area contributed by atoms with E-state index >= 15 is 0 Å². The van der Waals surface area contributed by atoms with Gasteiger partial charge in [-0.3, -0.25) is 10.1 Å². The smallest absolute Gasteiger partial charge is 0.314 e. The maximum Gasteiger partial charge on any atom is 0.314 e. The SMILES string of the molecule is COc1cc([C@@H](N)[C@@H](O)Cc2ccccc2)cc([N+](=O)[O-])c1O.Cl. The van der Waals surface area contributed by atoms with Crippen molar-refractivity contribution in [3.8, 4) is 11.5 Å². The molecule has 0 aliphatic rings. The van der Waals surface area contributed by atoms with Crippen molar-refractivity contribution in [2.75, 3.05) is 7.11 Å². The number of aliphatic hydroxyl groups excluding tert-OH is 1. The summed E-state index contributed by atoms with van der Waals surface area (Å²) < 4.78 is 4.93. The Balaban J connectivity index is 0.00000288. The number of ether oxygens (including phenoxy) is 1. The molecule has 4 N–H and O–H groups in total. The molecule has 2 aromatic carbocycles. The van der Waals surface area contributed by atoms with E-state index in [0.717, 1.165) is 11.6 Å². The zero-order valence-electron chi connectivity index (χ0n) is 13.0. The van der Waals surface area contributed by atoms with Gasteiger partial charge in [-0.25, -0.2) is 0 Å². The summed E-state index contributed by atoms with van der Waals surface area (Å²) in [4.78, 5) is 10.3. The molecule has 0 aliphatic heterocycles. The first-order chi connectivity index (χ1) is 10.9. The van der Waals surface area contributed by atoms with E-state index < -0.39 is 28.5 Å². The highest BCUT2D eigenvalue weighted by Gasteiger charge is 2.25. The second-order valence-electron chi connectivity index (χ2n) is 5.13. The normalized spacial score (nSPS) is 12.8. The first-order valence-electron chi connectivity index (χ1n) is 6.97. The second-order valence-corrected chi connectivity index (χ2v) is 5.13. The van der Waals surface area contributed by atoms with E-state index in [9.17, 15) is 20.3 Å². The molecule has 24 heavy (non-hydrogen) atoms. The summed E-state index contributed by atoms with van der Waals surface area (Å²) in [7, 11) is 1.29. The number of phenolic OH excluding ortho intramolecular Hbond substituents is 1. The van der Waals surface area contributed by atoms with Gasteiger partial charge in [-0.05, 0) is 17.2 Å². The van der Waals surface area contributed by atoms with E-state index in [1.165, 1.54) is 13.2 Å². The number of aliphatic hydroxyl groups is 1. The molecule has 0 unspecified atom stereocenters. The van der Waals surface area contributed by atoms with Gasteiger partial charge in [0.2, 0.25) is 5.75 Å². The number of nitro groups is 1. The Bertz CT molecular complexity index is 696. The topological polar surface area (TPSA) is 119 Å². The Morgan fingerprint density at radius 1 is 1.29 bits per heavy atom. The molecule has 8 heteroatoms. The van der Waals surface area contributed by atoms with E-state index in [1.54, 1.807) is 0 Å². The van der Waals surface area contributed by atoms with E-state index in [2.05, 4.69) is 0 Å². The van der Waals surface area contributed by atoms with Gasteiger partial charge >= 0.3 is 5.69 Å². The molecule has 0 aliphatic carbocycles. The zero-order valence-corrected chi connectivity index (χ0v) is 13.8. The number of hydrogen-bond donors (Lipinski definition) is 3. The average molecular weight is 355 g/mol. The Morgan fingerprint density at radius 3 is 2.46 bits per heavy atom. The molecule has 0 aromatic heterocycles. The molecule has 0 bridgehead atoms. The lowest BCUT2D eigenvalue weighted by molar-refractivity contribution is -0.386. The molecular weight excluding hydrogens is 336 g/mol. The molecule has 0 amide bonds. The molecule has 0 heterocycles. The number of halogens is 1. The van der Waals surface area contributed by atoms with Crippen LogP contribution in [-0.2, 0) is 6.42 Å². The van der Waals surface area contributed by atoms with Crippen LogP contribution in [0.5, 0.6) is 11.5 Å². The first-order valence-corrected chi connectivity index (χ1v) is 6.97. The molecule has 0 saturated carbocycles. The van der Waals surface area contributed by atoms with Crippen LogP contribution in [0.2, 0.25) is 0 Å².